The number of rotatable bonds is 10. The third-order valence-electron chi connectivity index (χ3n) is 10.9. The first kappa shape index (κ1) is 37.8. The monoisotopic (exact) mass is 764 g/mol. The Morgan fingerprint density at radius 2 is 0.810 bits per heavy atom. The molecule has 0 bridgehead atoms. The highest BCUT2D eigenvalue weighted by Crippen LogP contribution is 2.30. The van der Waals surface area contributed by atoms with Crippen molar-refractivity contribution in [2.45, 2.75) is 37.8 Å². The molecule has 0 unspecified atom stereocenters. The molecule has 6 aromatic rings. The summed E-state index contributed by atoms with van der Waals surface area (Å²) in [6.45, 7) is 1.06. The van der Waals surface area contributed by atoms with Crippen molar-refractivity contribution < 1.29 is 19.2 Å². The van der Waals surface area contributed by atoms with Gasteiger partial charge >= 0.3 is 0 Å². The summed E-state index contributed by atoms with van der Waals surface area (Å²) >= 11 is 0. The van der Waals surface area contributed by atoms with E-state index in [2.05, 4.69) is 10.6 Å². The molecular weight excluding hydrogens is 721 g/mol. The van der Waals surface area contributed by atoms with Gasteiger partial charge in [0.1, 0.15) is 12.1 Å². The molecule has 58 heavy (non-hydrogen) atoms. The van der Waals surface area contributed by atoms with Gasteiger partial charge in [0.15, 0.2) is 0 Å². The molecule has 2 aliphatic heterocycles. The lowest BCUT2D eigenvalue weighted by Gasteiger charge is -2.25. The Hall–Kier alpha value is -7.06. The van der Waals surface area contributed by atoms with E-state index in [1.54, 1.807) is 9.80 Å². The van der Waals surface area contributed by atoms with E-state index < -0.39 is 12.1 Å². The lowest BCUT2D eigenvalue weighted by atomic mass is 9.98. The number of nitrogens with one attached hydrogen (secondary N) is 2. The number of likely N-dealkylation sites (tertiary alicyclic amines) is 2. The Morgan fingerprint density at radius 1 is 0.448 bits per heavy atom. The summed E-state index contributed by atoms with van der Waals surface area (Å²) in [5.41, 5.74) is 8.04. The molecule has 8 nitrogen and oxygen atoms in total. The molecule has 2 saturated heterocycles. The van der Waals surface area contributed by atoms with Crippen LogP contribution in [0.5, 0.6) is 0 Å². The molecule has 0 saturated carbocycles. The maximum atomic E-state index is 13.8. The second-order valence-electron chi connectivity index (χ2n) is 14.7. The summed E-state index contributed by atoms with van der Waals surface area (Å²) in [5, 5.41) is 6.05. The van der Waals surface area contributed by atoms with E-state index in [1.165, 1.54) is 0 Å². The lowest BCUT2D eigenvalue weighted by Crippen LogP contribution is -2.43. The average molecular weight is 765 g/mol. The van der Waals surface area contributed by atoms with Gasteiger partial charge in [-0.25, -0.2) is 0 Å². The van der Waals surface area contributed by atoms with Gasteiger partial charge in [-0.1, -0.05) is 133 Å². The number of hydrogen-bond donors (Lipinski definition) is 2. The Morgan fingerprint density at radius 3 is 1.21 bits per heavy atom. The Balaban J connectivity index is 0.856. The number of anilines is 2. The van der Waals surface area contributed by atoms with Crippen LogP contribution in [0, 0.1) is 0 Å². The predicted octanol–water partition coefficient (Wildman–Crippen LogP) is 9.68. The van der Waals surface area contributed by atoms with E-state index in [9.17, 15) is 19.2 Å². The molecule has 2 aliphatic rings. The molecular formula is C50H44N4O4. The summed E-state index contributed by atoms with van der Waals surface area (Å²) in [6, 6.07) is 48.9. The SMILES string of the molecule is O=C(Nc1ccc(C=Cc2ccc(NC(=O)[C@@H]3CCCN3C(=O)c3ccccc3-c3ccccc3)cc2)cc1)[C@@H]1CCCN1C(=O)c1ccccc1-c1ccccc1. The van der Waals surface area contributed by atoms with Crippen molar-refractivity contribution in [3.8, 4) is 22.3 Å². The Labute approximate surface area is 338 Å². The molecule has 2 N–H and O–H groups in total. The highest BCUT2D eigenvalue weighted by atomic mass is 16.2. The average Bonchev–Trinajstić information content (AvgIpc) is 3.99. The zero-order valence-corrected chi connectivity index (χ0v) is 32.1. The lowest BCUT2D eigenvalue weighted by molar-refractivity contribution is -0.120. The summed E-state index contributed by atoms with van der Waals surface area (Å²) < 4.78 is 0. The van der Waals surface area contributed by atoms with Crippen molar-refractivity contribution in [1.82, 2.24) is 9.80 Å². The molecule has 0 spiro atoms. The van der Waals surface area contributed by atoms with Crippen molar-refractivity contribution in [3.63, 3.8) is 0 Å². The fourth-order valence-corrected chi connectivity index (χ4v) is 7.95. The topological polar surface area (TPSA) is 98.8 Å². The first-order chi connectivity index (χ1) is 28.4. The second kappa shape index (κ2) is 17.4. The van der Waals surface area contributed by atoms with Crippen LogP contribution in [0.25, 0.3) is 34.4 Å². The van der Waals surface area contributed by atoms with Gasteiger partial charge in [-0.3, -0.25) is 19.2 Å². The standard InChI is InChI=1S/C50H44N4O4/c55-47(45-21-11-33-53(45)49(57)43-19-9-7-17-41(43)37-13-3-1-4-14-37)51-39-29-25-35(26-30-39)23-24-36-27-31-40(32-28-36)52-48(56)46-22-12-34-54(46)50(58)44-20-10-8-18-42(44)38-15-5-2-6-16-38/h1-10,13-20,23-32,45-46H,11-12,21-22,33-34H2,(H,51,55)(H,52,56)/t45-,46-/m0/s1. The first-order valence-electron chi connectivity index (χ1n) is 19.8. The molecule has 8 rings (SSSR count). The van der Waals surface area contributed by atoms with Gasteiger partial charge < -0.3 is 20.4 Å². The number of hydrogen-bond acceptors (Lipinski definition) is 4. The number of carbonyl (C=O) groups is 4. The quantitative estimate of drug-likeness (QED) is 0.136. The van der Waals surface area contributed by atoms with Gasteiger partial charge in [0.05, 0.1) is 0 Å². The minimum atomic E-state index is -0.550. The van der Waals surface area contributed by atoms with Crippen LogP contribution in [0.15, 0.2) is 158 Å². The maximum absolute atomic E-state index is 13.8. The molecule has 2 atom stereocenters. The minimum Gasteiger partial charge on any atom is -0.327 e. The fourth-order valence-electron chi connectivity index (χ4n) is 7.95. The molecule has 2 heterocycles. The van der Waals surface area contributed by atoms with E-state index in [1.807, 2.05) is 170 Å². The molecule has 0 radical (unpaired) electrons. The molecule has 0 aromatic heterocycles. The first-order valence-corrected chi connectivity index (χ1v) is 19.8. The van der Waals surface area contributed by atoms with Crippen LogP contribution < -0.4 is 10.6 Å². The van der Waals surface area contributed by atoms with Crippen molar-refractivity contribution in [1.29, 1.82) is 0 Å². The Bertz CT molecular complexity index is 2270. The van der Waals surface area contributed by atoms with Gasteiger partial charge in [-0.05, 0) is 95.5 Å². The second-order valence-corrected chi connectivity index (χ2v) is 14.7. The number of benzene rings is 6. The summed E-state index contributed by atoms with van der Waals surface area (Å²) in [4.78, 5) is 58.0. The third-order valence-corrected chi connectivity index (χ3v) is 10.9. The molecule has 2 fully saturated rings. The Kier molecular flexibility index (Phi) is 11.3. The predicted molar refractivity (Wildman–Crippen MR) is 231 cm³/mol. The zero-order chi connectivity index (χ0) is 39.8. The van der Waals surface area contributed by atoms with Gasteiger partial charge in [0, 0.05) is 35.6 Å². The van der Waals surface area contributed by atoms with E-state index in [0.29, 0.717) is 48.4 Å². The largest absolute Gasteiger partial charge is 0.327 e. The smallest absolute Gasteiger partial charge is 0.255 e. The van der Waals surface area contributed by atoms with Gasteiger partial charge in [-0.2, -0.15) is 0 Å². The highest BCUT2D eigenvalue weighted by molar-refractivity contribution is 6.06. The number of amides is 4. The van der Waals surface area contributed by atoms with Crippen molar-refractivity contribution in [3.05, 3.63) is 180 Å². The van der Waals surface area contributed by atoms with Crippen molar-refractivity contribution in [2.24, 2.45) is 0 Å². The molecule has 8 heteroatoms. The summed E-state index contributed by atoms with van der Waals surface area (Å²) in [7, 11) is 0. The van der Waals surface area contributed by atoms with Gasteiger partial charge in [0.2, 0.25) is 11.8 Å². The van der Waals surface area contributed by atoms with Gasteiger partial charge in [0.25, 0.3) is 11.8 Å². The summed E-state index contributed by atoms with van der Waals surface area (Å²) in [5.74, 6) is -0.665. The van der Waals surface area contributed by atoms with E-state index in [0.717, 1.165) is 46.2 Å². The maximum Gasteiger partial charge on any atom is 0.255 e. The normalized spacial score (nSPS) is 16.3. The van der Waals surface area contributed by atoms with Crippen LogP contribution in [0.2, 0.25) is 0 Å². The van der Waals surface area contributed by atoms with E-state index in [4.69, 9.17) is 0 Å². The number of carbonyl (C=O) groups excluding carboxylic acids is 4. The zero-order valence-electron chi connectivity index (χ0n) is 32.1. The van der Waals surface area contributed by atoms with Crippen LogP contribution in [0.3, 0.4) is 0 Å². The molecule has 0 aliphatic carbocycles. The molecule has 6 aromatic carbocycles. The van der Waals surface area contributed by atoms with Crippen LogP contribution in [-0.4, -0.2) is 58.6 Å². The molecule has 4 amide bonds. The molecule has 288 valence electrons. The van der Waals surface area contributed by atoms with E-state index >= 15 is 0 Å². The fraction of sp³-hybridized carbons (Fsp3) is 0.160. The highest BCUT2D eigenvalue weighted by Gasteiger charge is 2.36. The van der Waals surface area contributed by atoms with Crippen LogP contribution in [0.4, 0.5) is 11.4 Å². The van der Waals surface area contributed by atoms with Gasteiger partial charge in [-0.15, -0.1) is 0 Å². The number of nitrogens with zero attached hydrogens (tertiary/aromatic N) is 2. The van der Waals surface area contributed by atoms with Crippen LogP contribution in [0.1, 0.15) is 57.5 Å². The van der Waals surface area contributed by atoms with Crippen molar-refractivity contribution in [2.75, 3.05) is 23.7 Å². The summed E-state index contributed by atoms with van der Waals surface area (Å²) in [6.07, 6.45) is 6.71. The van der Waals surface area contributed by atoms with Crippen LogP contribution in [-0.2, 0) is 9.59 Å². The van der Waals surface area contributed by atoms with Crippen molar-refractivity contribution >= 4 is 47.2 Å². The van der Waals surface area contributed by atoms with E-state index in [-0.39, 0.29) is 23.6 Å². The van der Waals surface area contributed by atoms with Crippen LogP contribution >= 0.6 is 0 Å². The minimum absolute atomic E-state index is 0.137. The third kappa shape index (κ3) is 8.37.